The van der Waals surface area contributed by atoms with Crippen molar-refractivity contribution < 1.29 is 0 Å². The van der Waals surface area contributed by atoms with Crippen molar-refractivity contribution in [3.63, 3.8) is 0 Å². The maximum absolute atomic E-state index is 4.51. The molecule has 66 valence electrons. The molecular weight excluding hydrogens is 178 g/mol. The minimum absolute atomic E-state index is 0.902. The van der Waals surface area contributed by atoms with Crippen LogP contribution in [0, 0.1) is 0 Å². The number of rotatable bonds is 2. The highest BCUT2D eigenvalue weighted by molar-refractivity contribution is 7.18. The highest BCUT2D eigenvalue weighted by Gasteiger charge is 2.01. The zero-order valence-electron chi connectivity index (χ0n) is 7.58. The van der Waals surface area contributed by atoms with Gasteiger partial charge in [-0.15, -0.1) is 11.3 Å². The summed E-state index contributed by atoms with van der Waals surface area (Å²) in [4.78, 5) is 4.51. The Kier molecular flexibility index (Phi) is 2.15. The van der Waals surface area contributed by atoms with Crippen LogP contribution in [-0.2, 0) is 6.42 Å². The average Bonchev–Trinajstić information content (AvgIpc) is 2.44. The monoisotopic (exact) mass is 189 g/mol. The quantitative estimate of drug-likeness (QED) is 0.660. The van der Waals surface area contributed by atoms with Gasteiger partial charge in [0.25, 0.3) is 0 Å². The number of benzene rings is 1. The molecule has 0 fully saturated rings. The second-order valence-corrected chi connectivity index (χ2v) is 4.32. The van der Waals surface area contributed by atoms with E-state index in [1.54, 1.807) is 11.3 Å². The molecule has 0 amide bonds. The van der Waals surface area contributed by atoms with Crippen LogP contribution in [0.2, 0.25) is 0 Å². The first kappa shape index (κ1) is 8.45. The number of hydrogen-bond acceptors (Lipinski definition) is 2. The van der Waals surface area contributed by atoms with E-state index in [2.05, 4.69) is 17.6 Å². The fourth-order valence-electron chi connectivity index (χ4n) is 1.25. The second kappa shape index (κ2) is 3.30. The smallest absolute Gasteiger partial charge is 0.0978 e. The van der Waals surface area contributed by atoms with Crippen LogP contribution in [0.3, 0.4) is 0 Å². The van der Waals surface area contributed by atoms with Crippen molar-refractivity contribution in [2.24, 2.45) is 0 Å². The van der Waals surface area contributed by atoms with Crippen molar-refractivity contribution in [3.05, 3.63) is 41.4 Å². The summed E-state index contributed by atoms with van der Waals surface area (Å²) < 4.78 is 1.26. The van der Waals surface area contributed by atoms with Gasteiger partial charge in [0, 0.05) is 6.42 Å². The molecule has 0 saturated heterocycles. The Morgan fingerprint density at radius 2 is 2.23 bits per heavy atom. The molecule has 0 bridgehead atoms. The lowest BCUT2D eigenvalue weighted by atomic mass is 10.2. The Bertz CT molecular complexity index is 409. The number of allylic oxidation sites excluding steroid dienone is 1. The fourth-order valence-corrected chi connectivity index (χ4v) is 2.33. The summed E-state index contributed by atoms with van der Waals surface area (Å²) in [6.07, 6.45) is 0.902. The van der Waals surface area contributed by atoms with E-state index in [1.807, 2.05) is 25.1 Å². The number of hydrogen-bond donors (Lipinski definition) is 0. The number of nitrogens with zero attached hydrogens (tertiary/aromatic N) is 1. The largest absolute Gasteiger partial charge is 0.241 e. The number of thiazole rings is 1. The molecule has 1 nitrogen and oxygen atoms in total. The van der Waals surface area contributed by atoms with Crippen molar-refractivity contribution in [1.82, 2.24) is 4.98 Å². The van der Waals surface area contributed by atoms with Gasteiger partial charge >= 0.3 is 0 Å². The Morgan fingerprint density at radius 3 is 2.92 bits per heavy atom. The summed E-state index contributed by atoms with van der Waals surface area (Å²) in [5.41, 5.74) is 2.27. The van der Waals surface area contributed by atoms with Gasteiger partial charge in [-0.25, -0.2) is 4.98 Å². The van der Waals surface area contributed by atoms with Crippen LogP contribution in [0.4, 0.5) is 0 Å². The van der Waals surface area contributed by atoms with Crippen LogP contribution in [0.5, 0.6) is 0 Å². The van der Waals surface area contributed by atoms with Gasteiger partial charge in [0.05, 0.1) is 15.2 Å². The SMILES string of the molecule is C=C(C)Cc1nc2ccccc2s1. The third kappa shape index (κ3) is 1.78. The Balaban J connectivity index is 2.44. The van der Waals surface area contributed by atoms with E-state index in [0.29, 0.717) is 0 Å². The van der Waals surface area contributed by atoms with E-state index in [9.17, 15) is 0 Å². The number of para-hydroxylation sites is 1. The maximum atomic E-state index is 4.51. The number of fused-ring (bicyclic) bond motifs is 1. The lowest BCUT2D eigenvalue weighted by Crippen LogP contribution is -1.81. The van der Waals surface area contributed by atoms with Gasteiger partial charge in [-0.1, -0.05) is 24.3 Å². The van der Waals surface area contributed by atoms with Crippen molar-refractivity contribution in [2.45, 2.75) is 13.3 Å². The van der Waals surface area contributed by atoms with E-state index in [-0.39, 0.29) is 0 Å². The molecule has 0 aliphatic carbocycles. The third-order valence-electron chi connectivity index (χ3n) is 1.79. The highest BCUT2D eigenvalue weighted by Crippen LogP contribution is 2.22. The Labute approximate surface area is 81.7 Å². The Hall–Kier alpha value is -1.15. The Morgan fingerprint density at radius 1 is 1.46 bits per heavy atom. The summed E-state index contributed by atoms with van der Waals surface area (Å²) in [6, 6.07) is 8.22. The summed E-state index contributed by atoms with van der Waals surface area (Å²) in [7, 11) is 0. The van der Waals surface area contributed by atoms with Gasteiger partial charge < -0.3 is 0 Å². The molecule has 13 heavy (non-hydrogen) atoms. The molecule has 0 aliphatic rings. The van der Waals surface area contributed by atoms with Crippen molar-refractivity contribution in [1.29, 1.82) is 0 Å². The van der Waals surface area contributed by atoms with E-state index in [1.165, 1.54) is 10.3 Å². The van der Waals surface area contributed by atoms with Gasteiger partial charge in [-0.2, -0.15) is 0 Å². The van der Waals surface area contributed by atoms with E-state index in [4.69, 9.17) is 0 Å². The van der Waals surface area contributed by atoms with Crippen LogP contribution < -0.4 is 0 Å². The molecule has 1 aromatic heterocycles. The van der Waals surface area contributed by atoms with Crippen LogP contribution >= 0.6 is 11.3 Å². The molecule has 0 saturated carbocycles. The summed E-state index contributed by atoms with van der Waals surface area (Å²) in [6.45, 7) is 5.92. The molecule has 0 N–H and O–H groups in total. The van der Waals surface area contributed by atoms with Crippen molar-refractivity contribution in [2.75, 3.05) is 0 Å². The minimum atomic E-state index is 0.902. The van der Waals surface area contributed by atoms with Crippen molar-refractivity contribution >= 4 is 21.6 Å². The van der Waals surface area contributed by atoms with Gasteiger partial charge in [-0.05, 0) is 19.1 Å². The molecule has 2 rings (SSSR count). The van der Waals surface area contributed by atoms with E-state index < -0.39 is 0 Å². The third-order valence-corrected chi connectivity index (χ3v) is 2.83. The predicted octanol–water partition coefficient (Wildman–Crippen LogP) is 3.41. The van der Waals surface area contributed by atoms with Gasteiger partial charge in [0.1, 0.15) is 0 Å². The topological polar surface area (TPSA) is 12.9 Å². The predicted molar refractivity (Wildman–Crippen MR) is 58.1 cm³/mol. The summed E-state index contributed by atoms with van der Waals surface area (Å²) >= 11 is 1.75. The molecule has 0 atom stereocenters. The van der Waals surface area contributed by atoms with E-state index in [0.717, 1.165) is 16.9 Å². The van der Waals surface area contributed by atoms with Gasteiger partial charge in [0.2, 0.25) is 0 Å². The van der Waals surface area contributed by atoms with Crippen molar-refractivity contribution in [3.8, 4) is 0 Å². The molecule has 0 spiro atoms. The lowest BCUT2D eigenvalue weighted by Gasteiger charge is -1.90. The molecule has 0 aliphatic heterocycles. The summed E-state index contributed by atoms with van der Waals surface area (Å²) in [5.74, 6) is 0. The number of aromatic nitrogens is 1. The molecule has 0 unspecified atom stereocenters. The molecular formula is C11H11NS. The molecule has 0 radical (unpaired) electrons. The summed E-state index contributed by atoms with van der Waals surface area (Å²) in [5, 5.41) is 1.16. The maximum Gasteiger partial charge on any atom is 0.0978 e. The first-order chi connectivity index (χ1) is 6.25. The zero-order chi connectivity index (χ0) is 9.26. The van der Waals surface area contributed by atoms with Crippen LogP contribution in [0.25, 0.3) is 10.2 Å². The standard InChI is InChI=1S/C11H11NS/c1-8(2)7-11-12-9-5-3-4-6-10(9)13-11/h3-6H,1,7H2,2H3. The normalized spacial score (nSPS) is 10.5. The van der Waals surface area contributed by atoms with Gasteiger partial charge in [-0.3, -0.25) is 0 Å². The molecule has 1 heterocycles. The fraction of sp³-hybridized carbons (Fsp3) is 0.182. The van der Waals surface area contributed by atoms with Crippen LogP contribution in [0.15, 0.2) is 36.4 Å². The molecule has 2 heteroatoms. The lowest BCUT2D eigenvalue weighted by molar-refractivity contribution is 1.12. The minimum Gasteiger partial charge on any atom is -0.241 e. The average molecular weight is 189 g/mol. The van der Waals surface area contributed by atoms with E-state index >= 15 is 0 Å². The first-order valence-electron chi connectivity index (χ1n) is 4.24. The first-order valence-corrected chi connectivity index (χ1v) is 5.06. The highest BCUT2D eigenvalue weighted by atomic mass is 32.1. The zero-order valence-corrected chi connectivity index (χ0v) is 8.40. The second-order valence-electron chi connectivity index (χ2n) is 3.21. The molecule has 1 aromatic carbocycles. The van der Waals surface area contributed by atoms with Crippen LogP contribution in [-0.4, -0.2) is 4.98 Å². The van der Waals surface area contributed by atoms with Crippen LogP contribution in [0.1, 0.15) is 11.9 Å². The molecule has 2 aromatic rings. The van der Waals surface area contributed by atoms with Gasteiger partial charge in [0.15, 0.2) is 0 Å².